The van der Waals surface area contributed by atoms with E-state index in [1.807, 2.05) is 66.7 Å². The normalized spacial score (nSPS) is 12.4. The molecule has 0 aliphatic rings. The number of phenolic OH excluding ortho intramolecular Hbond substituents is 1. The van der Waals surface area contributed by atoms with E-state index in [9.17, 15) is 24.8 Å². The molecule has 9 heteroatoms. The highest BCUT2D eigenvalue weighted by Gasteiger charge is 2.38. The Morgan fingerprint density at radius 1 is 0.932 bits per heavy atom. The molecule has 9 nitrogen and oxygen atoms in total. The van der Waals surface area contributed by atoms with E-state index in [1.54, 1.807) is 52.0 Å². The van der Waals surface area contributed by atoms with Gasteiger partial charge in [0.25, 0.3) is 5.91 Å². The van der Waals surface area contributed by atoms with Crippen molar-refractivity contribution in [3.05, 3.63) is 108 Å². The Hall–Kier alpha value is -5.36. The maximum Gasteiger partial charge on any atom is 0.408 e. The molecular formula is C35H36N4O5. The standard InChI is InChI=1S/C35H36N4O5/c1-23-11-10-16-28(31(23)40)30(32(41)37-27-18-17-25-14-8-9-15-26(25)22-27)39(20-19-36)33(42)29(21-24-12-6-5-7-13-24)38-34(43)44-35(2,3)4/h5-18,22,29-30,40H,20-21H2,1-4H3,(H,37,41)(H,38,43). The lowest BCUT2D eigenvalue weighted by molar-refractivity contribution is -0.140. The molecule has 226 valence electrons. The van der Waals surface area contributed by atoms with Crippen molar-refractivity contribution in [3.63, 3.8) is 0 Å². The van der Waals surface area contributed by atoms with Crippen molar-refractivity contribution in [2.75, 3.05) is 11.9 Å². The van der Waals surface area contributed by atoms with Crippen LogP contribution in [0.15, 0.2) is 91.0 Å². The number of nitrogens with zero attached hydrogens (tertiary/aromatic N) is 2. The van der Waals surface area contributed by atoms with Crippen molar-refractivity contribution in [1.29, 1.82) is 5.26 Å². The minimum absolute atomic E-state index is 0.0691. The number of amides is 3. The Kier molecular flexibility index (Phi) is 9.86. The van der Waals surface area contributed by atoms with Crippen molar-refractivity contribution in [3.8, 4) is 11.8 Å². The highest BCUT2D eigenvalue weighted by Crippen LogP contribution is 2.33. The van der Waals surface area contributed by atoms with Crippen LogP contribution in [0.5, 0.6) is 5.75 Å². The molecule has 3 amide bonds. The molecule has 0 radical (unpaired) electrons. The number of hydrogen-bond acceptors (Lipinski definition) is 6. The molecule has 3 N–H and O–H groups in total. The molecule has 0 saturated carbocycles. The molecule has 0 saturated heterocycles. The van der Waals surface area contributed by atoms with Crippen molar-refractivity contribution in [1.82, 2.24) is 10.2 Å². The van der Waals surface area contributed by atoms with E-state index in [0.29, 0.717) is 11.3 Å². The zero-order valence-electron chi connectivity index (χ0n) is 25.2. The SMILES string of the molecule is Cc1cccc(C(C(=O)Nc2ccc3ccccc3c2)N(CC#N)C(=O)C(Cc2ccccc2)NC(=O)OC(C)(C)C)c1O. The Labute approximate surface area is 257 Å². The fraction of sp³-hybridized carbons (Fsp3) is 0.257. The summed E-state index contributed by atoms with van der Waals surface area (Å²) in [5, 5.41) is 28.3. The second-order valence-corrected chi connectivity index (χ2v) is 11.5. The molecule has 4 aromatic rings. The van der Waals surface area contributed by atoms with Gasteiger partial charge in [-0.2, -0.15) is 5.26 Å². The smallest absolute Gasteiger partial charge is 0.408 e. The van der Waals surface area contributed by atoms with Gasteiger partial charge in [0.05, 0.1) is 6.07 Å². The van der Waals surface area contributed by atoms with Crippen molar-refractivity contribution in [2.45, 2.75) is 51.8 Å². The van der Waals surface area contributed by atoms with Crippen LogP contribution in [0.4, 0.5) is 10.5 Å². The number of alkyl carbamates (subject to hydrolysis) is 1. The molecule has 2 unspecified atom stereocenters. The van der Waals surface area contributed by atoms with Gasteiger partial charge >= 0.3 is 6.09 Å². The minimum Gasteiger partial charge on any atom is -0.507 e. The first-order valence-corrected chi connectivity index (χ1v) is 14.3. The fourth-order valence-electron chi connectivity index (χ4n) is 4.90. The average molecular weight is 593 g/mol. The van der Waals surface area contributed by atoms with Crippen LogP contribution in [0.2, 0.25) is 0 Å². The van der Waals surface area contributed by atoms with E-state index < -0.39 is 42.1 Å². The summed E-state index contributed by atoms with van der Waals surface area (Å²) >= 11 is 0. The molecule has 0 aliphatic carbocycles. The lowest BCUT2D eigenvalue weighted by Crippen LogP contribution is -2.53. The van der Waals surface area contributed by atoms with E-state index in [-0.39, 0.29) is 17.7 Å². The topological polar surface area (TPSA) is 132 Å². The Balaban J connectivity index is 1.76. The number of aryl methyl sites for hydroxylation is 1. The number of aromatic hydroxyl groups is 1. The number of nitrogens with one attached hydrogen (secondary N) is 2. The van der Waals surface area contributed by atoms with Crippen LogP contribution in [0.3, 0.4) is 0 Å². The molecule has 0 fully saturated rings. The number of para-hydroxylation sites is 1. The summed E-state index contributed by atoms with van der Waals surface area (Å²) in [6, 6.07) is 26.4. The van der Waals surface area contributed by atoms with Gasteiger partial charge in [0.1, 0.15) is 30.0 Å². The molecule has 4 aromatic carbocycles. The number of carbonyl (C=O) groups excluding carboxylic acids is 3. The molecule has 4 rings (SSSR count). The summed E-state index contributed by atoms with van der Waals surface area (Å²) in [4.78, 5) is 42.4. The number of benzene rings is 4. The summed E-state index contributed by atoms with van der Waals surface area (Å²) in [5.74, 6) is -1.51. The highest BCUT2D eigenvalue weighted by atomic mass is 16.6. The van der Waals surface area contributed by atoms with E-state index in [4.69, 9.17) is 4.74 Å². The van der Waals surface area contributed by atoms with Gasteiger partial charge in [-0.1, -0.05) is 78.9 Å². The second kappa shape index (κ2) is 13.7. The van der Waals surface area contributed by atoms with Crippen molar-refractivity contribution in [2.24, 2.45) is 0 Å². The molecule has 0 heterocycles. The van der Waals surface area contributed by atoms with E-state index >= 15 is 0 Å². The van der Waals surface area contributed by atoms with Crippen LogP contribution in [0.1, 0.15) is 43.5 Å². The maximum absolute atomic E-state index is 14.3. The monoisotopic (exact) mass is 592 g/mol. The first kappa shape index (κ1) is 31.6. The number of rotatable bonds is 9. The van der Waals surface area contributed by atoms with Crippen LogP contribution in [0, 0.1) is 18.3 Å². The highest BCUT2D eigenvalue weighted by molar-refractivity contribution is 6.01. The molecule has 0 bridgehead atoms. The third-order valence-corrected chi connectivity index (χ3v) is 6.94. The first-order valence-electron chi connectivity index (χ1n) is 14.3. The largest absolute Gasteiger partial charge is 0.507 e. The lowest BCUT2D eigenvalue weighted by atomic mass is 9.98. The number of ether oxygens (including phenoxy) is 1. The predicted molar refractivity (Wildman–Crippen MR) is 169 cm³/mol. The molecule has 0 aliphatic heterocycles. The van der Waals surface area contributed by atoms with E-state index in [2.05, 4.69) is 10.6 Å². The lowest BCUT2D eigenvalue weighted by Gasteiger charge is -2.33. The third-order valence-electron chi connectivity index (χ3n) is 6.94. The molecule has 0 aromatic heterocycles. The van der Waals surface area contributed by atoms with Crippen molar-refractivity contribution >= 4 is 34.4 Å². The van der Waals surface area contributed by atoms with Gasteiger partial charge in [0.2, 0.25) is 5.91 Å². The number of fused-ring (bicyclic) bond motifs is 1. The van der Waals surface area contributed by atoms with Gasteiger partial charge in [-0.15, -0.1) is 0 Å². The summed E-state index contributed by atoms with van der Waals surface area (Å²) in [5.41, 5.74) is 1.02. The van der Waals surface area contributed by atoms with Crippen LogP contribution in [0.25, 0.3) is 10.8 Å². The van der Waals surface area contributed by atoms with Gasteiger partial charge in [-0.05, 0) is 61.7 Å². The van der Waals surface area contributed by atoms with Crippen molar-refractivity contribution < 1.29 is 24.2 Å². The Morgan fingerprint density at radius 2 is 1.61 bits per heavy atom. The predicted octanol–water partition coefficient (Wildman–Crippen LogP) is 6.02. The van der Waals surface area contributed by atoms with E-state index in [0.717, 1.165) is 21.2 Å². The summed E-state index contributed by atoms with van der Waals surface area (Å²) in [6.07, 6.45) is -0.751. The van der Waals surface area contributed by atoms with E-state index in [1.165, 1.54) is 6.07 Å². The number of anilines is 1. The summed E-state index contributed by atoms with van der Waals surface area (Å²) in [7, 11) is 0. The molecule has 2 atom stereocenters. The molecule has 44 heavy (non-hydrogen) atoms. The van der Waals surface area contributed by atoms with Gasteiger partial charge in [0.15, 0.2) is 0 Å². The van der Waals surface area contributed by atoms with Gasteiger partial charge in [-0.25, -0.2) is 4.79 Å². The zero-order valence-corrected chi connectivity index (χ0v) is 25.2. The molecular weight excluding hydrogens is 556 g/mol. The average Bonchev–Trinajstić information content (AvgIpc) is 2.98. The summed E-state index contributed by atoms with van der Waals surface area (Å²) < 4.78 is 5.43. The van der Waals surface area contributed by atoms with Crippen LogP contribution in [-0.4, -0.2) is 46.1 Å². The van der Waals surface area contributed by atoms with Crippen LogP contribution in [-0.2, 0) is 20.7 Å². The third kappa shape index (κ3) is 7.92. The number of hydrogen-bond donors (Lipinski definition) is 3. The minimum atomic E-state index is -1.41. The van der Waals surface area contributed by atoms with Crippen LogP contribution < -0.4 is 10.6 Å². The van der Waals surface area contributed by atoms with Gasteiger partial charge in [-0.3, -0.25) is 9.59 Å². The summed E-state index contributed by atoms with van der Waals surface area (Å²) in [6.45, 7) is 6.29. The number of carbonyl (C=O) groups is 3. The molecule has 0 spiro atoms. The maximum atomic E-state index is 14.3. The number of phenols is 1. The second-order valence-electron chi connectivity index (χ2n) is 11.5. The first-order chi connectivity index (χ1) is 21.0. The van der Waals surface area contributed by atoms with Gasteiger partial charge < -0.3 is 25.4 Å². The Morgan fingerprint density at radius 3 is 2.30 bits per heavy atom. The zero-order chi connectivity index (χ0) is 31.9. The van der Waals surface area contributed by atoms with Gasteiger partial charge in [0, 0.05) is 17.7 Å². The van der Waals surface area contributed by atoms with Crippen LogP contribution >= 0.6 is 0 Å². The quantitative estimate of drug-likeness (QED) is 0.204. The fourth-order valence-corrected chi connectivity index (χ4v) is 4.90. The Bertz CT molecular complexity index is 1690. The number of nitriles is 1.